The molecule has 1 atom stereocenters. The zero-order valence-electron chi connectivity index (χ0n) is 9.85. The van der Waals surface area contributed by atoms with Gasteiger partial charge in [-0.1, -0.05) is 19.1 Å². The van der Waals surface area contributed by atoms with Crippen LogP contribution < -0.4 is 0 Å². The number of nitrogens with zero attached hydrogens (tertiary/aromatic N) is 1. The summed E-state index contributed by atoms with van der Waals surface area (Å²) in [5.74, 6) is -2.03. The van der Waals surface area contributed by atoms with Crippen molar-refractivity contribution in [1.29, 1.82) is 0 Å². The molecule has 0 saturated carbocycles. The van der Waals surface area contributed by atoms with Crippen molar-refractivity contribution in [2.45, 2.75) is 13.3 Å². The van der Waals surface area contributed by atoms with Crippen LogP contribution in [0.1, 0.15) is 23.7 Å². The molecular formula is C13H12FNO3. The van der Waals surface area contributed by atoms with Crippen LogP contribution in [0.2, 0.25) is 0 Å². The Kier molecular flexibility index (Phi) is 3.23. The lowest BCUT2D eigenvalue weighted by molar-refractivity contribution is -0.138. The number of halogens is 1. The SMILES string of the molecule is CC1CC(=O)N(CC(=O)c2cccc(F)c2)C1=O. The van der Waals surface area contributed by atoms with E-state index in [1.165, 1.54) is 18.2 Å². The Labute approximate surface area is 103 Å². The molecule has 1 aromatic rings. The average Bonchev–Trinajstić information content (AvgIpc) is 2.56. The molecule has 5 heteroatoms. The van der Waals surface area contributed by atoms with Crippen molar-refractivity contribution in [1.82, 2.24) is 4.90 Å². The van der Waals surface area contributed by atoms with Gasteiger partial charge in [-0.15, -0.1) is 0 Å². The molecule has 1 heterocycles. The number of hydrogen-bond acceptors (Lipinski definition) is 3. The molecule has 1 unspecified atom stereocenters. The Hall–Kier alpha value is -2.04. The summed E-state index contributed by atoms with van der Waals surface area (Å²) in [4.78, 5) is 35.9. The fraction of sp³-hybridized carbons (Fsp3) is 0.308. The standard InChI is InChI=1S/C13H12FNO3/c1-8-5-12(17)15(13(8)18)7-11(16)9-3-2-4-10(14)6-9/h2-4,6,8H,5,7H2,1H3. The molecule has 0 bridgehead atoms. The lowest BCUT2D eigenvalue weighted by atomic mass is 10.1. The monoisotopic (exact) mass is 249 g/mol. The summed E-state index contributed by atoms with van der Waals surface area (Å²) < 4.78 is 13.0. The van der Waals surface area contributed by atoms with Gasteiger partial charge in [-0.25, -0.2) is 4.39 Å². The van der Waals surface area contributed by atoms with E-state index in [2.05, 4.69) is 0 Å². The molecule has 1 aliphatic rings. The van der Waals surface area contributed by atoms with Crippen molar-refractivity contribution in [3.8, 4) is 0 Å². The summed E-state index contributed by atoms with van der Waals surface area (Å²) in [6, 6.07) is 5.19. The van der Waals surface area contributed by atoms with Crippen LogP contribution in [0, 0.1) is 11.7 Å². The molecule has 0 N–H and O–H groups in total. The van der Waals surface area contributed by atoms with E-state index in [1.807, 2.05) is 0 Å². The molecular weight excluding hydrogens is 237 g/mol. The Morgan fingerprint density at radius 3 is 2.72 bits per heavy atom. The highest BCUT2D eigenvalue weighted by molar-refractivity contribution is 6.08. The smallest absolute Gasteiger partial charge is 0.232 e. The van der Waals surface area contributed by atoms with Crippen LogP contribution in [0.3, 0.4) is 0 Å². The predicted molar refractivity (Wildman–Crippen MR) is 61.2 cm³/mol. The quantitative estimate of drug-likeness (QED) is 0.601. The van der Waals surface area contributed by atoms with Crippen molar-refractivity contribution in [2.24, 2.45) is 5.92 Å². The number of ketones is 1. The highest BCUT2D eigenvalue weighted by Crippen LogP contribution is 2.19. The first-order chi connectivity index (χ1) is 8.49. The topological polar surface area (TPSA) is 54.5 Å². The largest absolute Gasteiger partial charge is 0.292 e. The normalized spacial score (nSPS) is 19.4. The van der Waals surface area contributed by atoms with Gasteiger partial charge in [0.15, 0.2) is 5.78 Å². The van der Waals surface area contributed by atoms with E-state index in [0.717, 1.165) is 11.0 Å². The number of carbonyl (C=O) groups excluding carboxylic acids is 3. The van der Waals surface area contributed by atoms with Gasteiger partial charge in [-0.05, 0) is 12.1 Å². The third-order valence-electron chi connectivity index (χ3n) is 2.92. The van der Waals surface area contributed by atoms with E-state index < -0.39 is 11.6 Å². The number of benzene rings is 1. The Morgan fingerprint density at radius 1 is 1.44 bits per heavy atom. The number of amides is 2. The highest BCUT2D eigenvalue weighted by Gasteiger charge is 2.36. The minimum absolute atomic E-state index is 0.134. The molecule has 2 amide bonds. The third kappa shape index (κ3) is 2.30. The molecule has 0 radical (unpaired) electrons. The van der Waals surface area contributed by atoms with Gasteiger partial charge in [0, 0.05) is 17.9 Å². The molecule has 0 aliphatic carbocycles. The van der Waals surface area contributed by atoms with Crippen molar-refractivity contribution < 1.29 is 18.8 Å². The number of likely N-dealkylation sites (tertiary alicyclic amines) is 1. The molecule has 1 saturated heterocycles. The summed E-state index contributed by atoms with van der Waals surface area (Å²) in [7, 11) is 0. The molecule has 0 aromatic heterocycles. The molecule has 1 aliphatic heterocycles. The van der Waals surface area contributed by atoms with Gasteiger partial charge in [0.2, 0.25) is 11.8 Å². The van der Waals surface area contributed by atoms with Crippen molar-refractivity contribution in [3.05, 3.63) is 35.6 Å². The van der Waals surface area contributed by atoms with Crippen LogP contribution in [-0.2, 0) is 9.59 Å². The second-order valence-corrected chi connectivity index (χ2v) is 4.36. The van der Waals surface area contributed by atoms with Gasteiger partial charge < -0.3 is 0 Å². The van der Waals surface area contributed by atoms with E-state index in [1.54, 1.807) is 6.92 Å². The summed E-state index contributed by atoms with van der Waals surface area (Å²) in [5.41, 5.74) is 0.162. The van der Waals surface area contributed by atoms with Crippen LogP contribution in [0.5, 0.6) is 0 Å². The summed E-state index contributed by atoms with van der Waals surface area (Å²) in [6.45, 7) is 1.33. The maximum Gasteiger partial charge on any atom is 0.232 e. The zero-order chi connectivity index (χ0) is 13.3. The minimum atomic E-state index is -0.520. The lowest BCUT2D eigenvalue weighted by Crippen LogP contribution is -2.35. The number of carbonyl (C=O) groups is 3. The summed E-state index contributed by atoms with van der Waals surface area (Å²) in [6.07, 6.45) is 0.134. The first kappa shape index (κ1) is 12.4. The highest BCUT2D eigenvalue weighted by atomic mass is 19.1. The molecule has 18 heavy (non-hydrogen) atoms. The average molecular weight is 249 g/mol. The molecule has 0 spiro atoms. The first-order valence-corrected chi connectivity index (χ1v) is 5.62. The third-order valence-corrected chi connectivity index (χ3v) is 2.92. The van der Waals surface area contributed by atoms with Gasteiger partial charge in [0.1, 0.15) is 5.82 Å². The van der Waals surface area contributed by atoms with Crippen LogP contribution in [0.25, 0.3) is 0 Å². The summed E-state index contributed by atoms with van der Waals surface area (Å²) in [5, 5.41) is 0. The van der Waals surface area contributed by atoms with Gasteiger partial charge in [0.05, 0.1) is 6.54 Å². The Morgan fingerprint density at radius 2 is 2.17 bits per heavy atom. The van der Waals surface area contributed by atoms with Crippen LogP contribution >= 0.6 is 0 Å². The number of imide groups is 1. The van der Waals surface area contributed by atoms with Crippen molar-refractivity contribution in [2.75, 3.05) is 6.54 Å². The fourth-order valence-corrected chi connectivity index (χ4v) is 1.91. The van der Waals surface area contributed by atoms with E-state index in [0.29, 0.717) is 0 Å². The van der Waals surface area contributed by atoms with Gasteiger partial charge >= 0.3 is 0 Å². The van der Waals surface area contributed by atoms with E-state index in [-0.39, 0.29) is 36.3 Å². The Bertz CT molecular complexity index is 527. The maximum atomic E-state index is 13.0. The van der Waals surface area contributed by atoms with Crippen LogP contribution in [0.15, 0.2) is 24.3 Å². The second kappa shape index (κ2) is 4.68. The molecule has 2 rings (SSSR count). The van der Waals surface area contributed by atoms with Crippen LogP contribution in [-0.4, -0.2) is 29.0 Å². The van der Waals surface area contributed by atoms with E-state index in [9.17, 15) is 18.8 Å². The van der Waals surface area contributed by atoms with E-state index >= 15 is 0 Å². The maximum absolute atomic E-state index is 13.0. The number of Topliss-reactive ketones (excluding diaryl/α,β-unsaturated/α-hetero) is 1. The molecule has 1 aromatic carbocycles. The Balaban J connectivity index is 2.13. The summed E-state index contributed by atoms with van der Waals surface area (Å²) >= 11 is 0. The molecule has 1 fully saturated rings. The molecule has 94 valence electrons. The lowest BCUT2D eigenvalue weighted by Gasteiger charge is -2.13. The van der Waals surface area contributed by atoms with Gasteiger partial charge in [0.25, 0.3) is 0 Å². The fourth-order valence-electron chi connectivity index (χ4n) is 1.91. The minimum Gasteiger partial charge on any atom is -0.292 e. The zero-order valence-corrected chi connectivity index (χ0v) is 9.85. The van der Waals surface area contributed by atoms with Gasteiger partial charge in [-0.3, -0.25) is 19.3 Å². The number of rotatable bonds is 3. The van der Waals surface area contributed by atoms with E-state index in [4.69, 9.17) is 0 Å². The van der Waals surface area contributed by atoms with Gasteiger partial charge in [-0.2, -0.15) is 0 Å². The van der Waals surface area contributed by atoms with Crippen molar-refractivity contribution >= 4 is 17.6 Å². The second-order valence-electron chi connectivity index (χ2n) is 4.36. The predicted octanol–water partition coefficient (Wildman–Crippen LogP) is 1.40. The van der Waals surface area contributed by atoms with Crippen molar-refractivity contribution in [3.63, 3.8) is 0 Å². The molecule has 4 nitrogen and oxygen atoms in total. The van der Waals surface area contributed by atoms with Crippen LogP contribution in [0.4, 0.5) is 4.39 Å². The first-order valence-electron chi connectivity index (χ1n) is 5.62. The number of hydrogen-bond donors (Lipinski definition) is 0.